The Kier molecular flexibility index (Phi) is 5.22. The Morgan fingerprint density at radius 2 is 1.79 bits per heavy atom. The zero-order valence-electron chi connectivity index (χ0n) is 15.7. The first kappa shape index (κ1) is 19.0. The largest absolute Gasteiger partial charge is 0.493 e. The van der Waals surface area contributed by atoms with Crippen LogP contribution in [0.1, 0.15) is 10.4 Å². The van der Waals surface area contributed by atoms with Gasteiger partial charge in [0.15, 0.2) is 17.1 Å². The number of fused-ring (bicyclic) bond motifs is 1. The number of hydrogen-bond acceptors (Lipinski definition) is 5. The standard InChI is InChI=1S/C22H17BrN2O4/c1-27-19-9-7-13(11-20(19)28-2)22-25-17-12-14(8-10-18(17)29-22)24-21(26)15-5-3-4-6-16(15)23/h3-12H,1-2H3,(H,24,26). The zero-order chi connectivity index (χ0) is 20.4. The lowest BCUT2D eigenvalue weighted by molar-refractivity contribution is 0.102. The van der Waals surface area contributed by atoms with Gasteiger partial charge in [-0.2, -0.15) is 0 Å². The highest BCUT2D eigenvalue weighted by Crippen LogP contribution is 2.33. The smallest absolute Gasteiger partial charge is 0.256 e. The summed E-state index contributed by atoms with van der Waals surface area (Å²) >= 11 is 3.39. The maximum atomic E-state index is 12.5. The molecule has 0 saturated heterocycles. The van der Waals surface area contributed by atoms with Crippen LogP contribution in [0, 0.1) is 0 Å². The minimum Gasteiger partial charge on any atom is -0.493 e. The molecule has 0 saturated carbocycles. The Labute approximate surface area is 175 Å². The molecular weight excluding hydrogens is 436 g/mol. The number of ether oxygens (including phenoxy) is 2. The SMILES string of the molecule is COc1ccc(-c2nc3cc(NC(=O)c4ccccc4Br)ccc3o2)cc1OC. The van der Waals surface area contributed by atoms with E-state index in [4.69, 9.17) is 13.9 Å². The summed E-state index contributed by atoms with van der Waals surface area (Å²) in [6, 6.07) is 18.0. The number of rotatable bonds is 5. The summed E-state index contributed by atoms with van der Waals surface area (Å²) in [4.78, 5) is 17.1. The number of nitrogens with one attached hydrogen (secondary N) is 1. The van der Waals surface area contributed by atoms with Crippen LogP contribution in [0.4, 0.5) is 5.69 Å². The summed E-state index contributed by atoms with van der Waals surface area (Å²) in [6.45, 7) is 0. The van der Waals surface area contributed by atoms with Crippen molar-refractivity contribution in [2.24, 2.45) is 0 Å². The molecule has 6 nitrogen and oxygen atoms in total. The zero-order valence-corrected chi connectivity index (χ0v) is 17.3. The van der Waals surface area contributed by atoms with Gasteiger partial charge in [0, 0.05) is 15.7 Å². The van der Waals surface area contributed by atoms with Crippen LogP contribution in [0.5, 0.6) is 11.5 Å². The Balaban J connectivity index is 1.63. The summed E-state index contributed by atoms with van der Waals surface area (Å²) < 4.78 is 17.2. The van der Waals surface area contributed by atoms with E-state index in [9.17, 15) is 4.79 Å². The number of nitrogens with zero attached hydrogens (tertiary/aromatic N) is 1. The summed E-state index contributed by atoms with van der Waals surface area (Å²) in [7, 11) is 3.16. The molecule has 1 N–H and O–H groups in total. The molecule has 4 aromatic rings. The maximum absolute atomic E-state index is 12.5. The molecule has 1 amide bonds. The fourth-order valence-electron chi connectivity index (χ4n) is 2.94. The van der Waals surface area contributed by atoms with Crippen molar-refractivity contribution in [3.8, 4) is 23.0 Å². The van der Waals surface area contributed by atoms with E-state index in [1.54, 1.807) is 50.6 Å². The van der Waals surface area contributed by atoms with E-state index in [1.807, 2.05) is 24.3 Å². The van der Waals surface area contributed by atoms with Gasteiger partial charge in [-0.3, -0.25) is 4.79 Å². The fraction of sp³-hybridized carbons (Fsp3) is 0.0909. The Hall–Kier alpha value is -3.32. The van der Waals surface area contributed by atoms with Gasteiger partial charge in [-0.1, -0.05) is 12.1 Å². The number of hydrogen-bond donors (Lipinski definition) is 1. The van der Waals surface area contributed by atoms with Crippen molar-refractivity contribution >= 4 is 38.6 Å². The lowest BCUT2D eigenvalue weighted by Gasteiger charge is -2.07. The average Bonchev–Trinajstić information content (AvgIpc) is 3.17. The first-order chi connectivity index (χ1) is 14.1. The third-order valence-corrected chi connectivity index (χ3v) is 5.09. The van der Waals surface area contributed by atoms with Crippen LogP contribution in [-0.2, 0) is 0 Å². The molecule has 0 aliphatic carbocycles. The monoisotopic (exact) mass is 452 g/mol. The van der Waals surface area contributed by atoms with Gasteiger partial charge < -0.3 is 19.2 Å². The first-order valence-corrected chi connectivity index (χ1v) is 9.57. The summed E-state index contributed by atoms with van der Waals surface area (Å²) in [5.74, 6) is 1.47. The van der Waals surface area contributed by atoms with E-state index in [0.29, 0.717) is 39.7 Å². The van der Waals surface area contributed by atoms with Gasteiger partial charge >= 0.3 is 0 Å². The molecule has 0 atom stereocenters. The minimum absolute atomic E-state index is 0.208. The van der Waals surface area contributed by atoms with Crippen molar-refractivity contribution in [1.29, 1.82) is 0 Å². The van der Waals surface area contributed by atoms with E-state index in [0.717, 1.165) is 10.0 Å². The summed E-state index contributed by atoms with van der Waals surface area (Å²) in [5, 5.41) is 2.89. The summed E-state index contributed by atoms with van der Waals surface area (Å²) in [6.07, 6.45) is 0. The van der Waals surface area contributed by atoms with Gasteiger partial charge in [0.05, 0.1) is 19.8 Å². The van der Waals surface area contributed by atoms with E-state index in [1.165, 1.54) is 0 Å². The van der Waals surface area contributed by atoms with Crippen molar-refractivity contribution in [3.05, 3.63) is 70.7 Å². The van der Waals surface area contributed by atoms with E-state index >= 15 is 0 Å². The van der Waals surface area contributed by atoms with Crippen molar-refractivity contribution in [1.82, 2.24) is 4.98 Å². The molecule has 0 radical (unpaired) electrons. The van der Waals surface area contributed by atoms with Crippen LogP contribution < -0.4 is 14.8 Å². The van der Waals surface area contributed by atoms with Gasteiger partial charge in [-0.15, -0.1) is 0 Å². The number of carbonyl (C=O) groups is 1. The molecule has 7 heteroatoms. The minimum atomic E-state index is -0.208. The number of carbonyl (C=O) groups excluding carboxylic acids is 1. The number of aromatic nitrogens is 1. The molecule has 3 aromatic carbocycles. The average molecular weight is 453 g/mol. The number of anilines is 1. The van der Waals surface area contributed by atoms with Crippen molar-refractivity contribution in [2.45, 2.75) is 0 Å². The van der Waals surface area contributed by atoms with Crippen LogP contribution in [0.3, 0.4) is 0 Å². The van der Waals surface area contributed by atoms with Crippen LogP contribution in [0.25, 0.3) is 22.6 Å². The molecule has 29 heavy (non-hydrogen) atoms. The molecule has 0 unspecified atom stereocenters. The van der Waals surface area contributed by atoms with E-state index in [-0.39, 0.29) is 5.91 Å². The molecule has 0 aliphatic heterocycles. The quantitative estimate of drug-likeness (QED) is 0.431. The van der Waals surface area contributed by atoms with Crippen LogP contribution in [-0.4, -0.2) is 25.1 Å². The highest BCUT2D eigenvalue weighted by Gasteiger charge is 2.14. The van der Waals surface area contributed by atoms with Crippen molar-refractivity contribution in [3.63, 3.8) is 0 Å². The highest BCUT2D eigenvalue weighted by atomic mass is 79.9. The van der Waals surface area contributed by atoms with Gasteiger partial charge in [0.2, 0.25) is 5.89 Å². The van der Waals surface area contributed by atoms with E-state index in [2.05, 4.69) is 26.2 Å². The predicted octanol–water partition coefficient (Wildman–Crippen LogP) is 5.53. The molecule has 0 aliphatic rings. The second kappa shape index (κ2) is 7.97. The second-order valence-corrected chi connectivity index (χ2v) is 7.06. The summed E-state index contributed by atoms with van der Waals surface area (Å²) in [5.41, 5.74) is 3.20. The lowest BCUT2D eigenvalue weighted by Crippen LogP contribution is -2.12. The number of halogens is 1. The Morgan fingerprint density at radius 3 is 2.55 bits per heavy atom. The molecular formula is C22H17BrN2O4. The van der Waals surface area contributed by atoms with Crippen molar-refractivity contribution < 1.29 is 18.7 Å². The lowest BCUT2D eigenvalue weighted by atomic mass is 10.2. The molecule has 0 spiro atoms. The van der Waals surface area contributed by atoms with Crippen LogP contribution >= 0.6 is 15.9 Å². The van der Waals surface area contributed by atoms with Gasteiger partial charge in [0.25, 0.3) is 5.91 Å². The Bertz CT molecular complexity index is 1200. The number of benzene rings is 3. The third-order valence-electron chi connectivity index (χ3n) is 4.39. The van der Waals surface area contributed by atoms with Gasteiger partial charge in [0.1, 0.15) is 5.52 Å². The molecule has 1 aromatic heterocycles. The number of methoxy groups -OCH3 is 2. The topological polar surface area (TPSA) is 73.6 Å². The maximum Gasteiger partial charge on any atom is 0.256 e. The van der Waals surface area contributed by atoms with Gasteiger partial charge in [-0.25, -0.2) is 4.98 Å². The van der Waals surface area contributed by atoms with Crippen LogP contribution in [0.2, 0.25) is 0 Å². The molecule has 0 bridgehead atoms. The Morgan fingerprint density at radius 1 is 1.00 bits per heavy atom. The van der Waals surface area contributed by atoms with Gasteiger partial charge in [-0.05, 0) is 64.5 Å². The molecule has 1 heterocycles. The van der Waals surface area contributed by atoms with Crippen LogP contribution in [0.15, 0.2) is 69.6 Å². The number of oxazole rings is 1. The van der Waals surface area contributed by atoms with E-state index < -0.39 is 0 Å². The molecule has 0 fully saturated rings. The fourth-order valence-corrected chi connectivity index (χ4v) is 3.41. The molecule has 146 valence electrons. The number of amides is 1. The first-order valence-electron chi connectivity index (χ1n) is 8.78. The predicted molar refractivity (Wildman–Crippen MR) is 115 cm³/mol. The second-order valence-electron chi connectivity index (χ2n) is 6.21. The molecule has 4 rings (SSSR count). The normalized spacial score (nSPS) is 10.7. The van der Waals surface area contributed by atoms with Crippen molar-refractivity contribution in [2.75, 3.05) is 19.5 Å². The highest BCUT2D eigenvalue weighted by molar-refractivity contribution is 9.10. The third kappa shape index (κ3) is 3.82.